The van der Waals surface area contributed by atoms with Gasteiger partial charge in [0.2, 0.25) is 9.70 Å². The molecule has 2 N–H and O–H groups in total. The molecule has 0 spiro atoms. The highest BCUT2D eigenvalue weighted by Gasteiger charge is 2.34. The molecule has 0 aromatic heterocycles. The highest BCUT2D eigenvalue weighted by molar-refractivity contribution is 9.10. The molecule has 122 valence electrons. The number of non-ortho nitro benzene ring substituents is 1. The van der Waals surface area contributed by atoms with Gasteiger partial charge in [-0.05, 0) is 22.0 Å². The van der Waals surface area contributed by atoms with Crippen LogP contribution in [0.2, 0.25) is 0 Å². The molecule has 1 amide bonds. The van der Waals surface area contributed by atoms with Crippen LogP contribution in [0, 0.1) is 16.0 Å². The third-order valence-corrected chi connectivity index (χ3v) is 3.91. The SMILES string of the molecule is CC(C)C(=O)N[C@@H](Nc1ccc([N+](=O)[O-])cc1Br)C(Cl)(Cl)Cl. The lowest BCUT2D eigenvalue weighted by molar-refractivity contribution is -0.384. The number of halogens is 4. The van der Waals surface area contributed by atoms with E-state index in [0.29, 0.717) is 10.2 Å². The molecule has 0 aliphatic carbocycles. The number of amides is 1. The van der Waals surface area contributed by atoms with Gasteiger partial charge in [-0.3, -0.25) is 14.9 Å². The summed E-state index contributed by atoms with van der Waals surface area (Å²) in [5.41, 5.74) is 0.347. The van der Waals surface area contributed by atoms with Gasteiger partial charge in [-0.15, -0.1) is 0 Å². The molecule has 0 unspecified atom stereocenters. The summed E-state index contributed by atoms with van der Waals surface area (Å²) in [4.78, 5) is 22.0. The summed E-state index contributed by atoms with van der Waals surface area (Å²) in [5, 5.41) is 16.1. The first-order valence-corrected chi connectivity index (χ1v) is 8.02. The van der Waals surface area contributed by atoms with Crippen LogP contribution in [0.25, 0.3) is 0 Å². The molecule has 1 aromatic carbocycles. The predicted molar refractivity (Wildman–Crippen MR) is 91.5 cm³/mol. The Morgan fingerprint density at radius 1 is 1.36 bits per heavy atom. The monoisotopic (exact) mass is 431 g/mol. The van der Waals surface area contributed by atoms with Gasteiger partial charge in [-0.1, -0.05) is 48.7 Å². The second-order valence-corrected chi connectivity index (χ2v) is 7.93. The predicted octanol–water partition coefficient (Wildman–Crippen LogP) is 4.24. The van der Waals surface area contributed by atoms with Crippen LogP contribution < -0.4 is 10.6 Å². The van der Waals surface area contributed by atoms with Crippen LogP contribution in [0.3, 0.4) is 0 Å². The van der Waals surface area contributed by atoms with E-state index in [1.165, 1.54) is 18.2 Å². The summed E-state index contributed by atoms with van der Waals surface area (Å²) in [6.45, 7) is 3.40. The van der Waals surface area contributed by atoms with Crippen LogP contribution in [0.5, 0.6) is 0 Å². The van der Waals surface area contributed by atoms with Crippen LogP contribution in [0.15, 0.2) is 22.7 Å². The fourth-order valence-electron chi connectivity index (χ4n) is 1.40. The Kier molecular flexibility index (Phi) is 6.73. The molecule has 1 atom stereocenters. The average Bonchev–Trinajstić information content (AvgIpc) is 2.38. The van der Waals surface area contributed by atoms with E-state index in [4.69, 9.17) is 34.8 Å². The molecule has 6 nitrogen and oxygen atoms in total. The number of nitrogens with zero attached hydrogens (tertiary/aromatic N) is 1. The number of carbonyl (C=O) groups is 1. The summed E-state index contributed by atoms with van der Waals surface area (Å²) in [5.74, 6) is -0.598. The lowest BCUT2D eigenvalue weighted by Crippen LogP contribution is -2.50. The van der Waals surface area contributed by atoms with E-state index in [1.54, 1.807) is 13.8 Å². The molecule has 0 saturated carbocycles. The number of benzene rings is 1. The smallest absolute Gasteiger partial charge is 0.270 e. The first-order chi connectivity index (χ1) is 10.0. The first-order valence-electron chi connectivity index (χ1n) is 6.10. The second kappa shape index (κ2) is 7.68. The van der Waals surface area contributed by atoms with Crippen molar-refractivity contribution in [3.63, 3.8) is 0 Å². The van der Waals surface area contributed by atoms with Gasteiger partial charge >= 0.3 is 0 Å². The highest BCUT2D eigenvalue weighted by atomic mass is 79.9. The summed E-state index contributed by atoms with van der Waals surface area (Å²) < 4.78 is -1.41. The van der Waals surface area contributed by atoms with E-state index in [1.807, 2.05) is 0 Å². The van der Waals surface area contributed by atoms with Gasteiger partial charge in [0, 0.05) is 22.5 Å². The fraction of sp³-hybridized carbons (Fsp3) is 0.417. The molecular weight excluding hydrogens is 420 g/mol. The van der Waals surface area contributed by atoms with Gasteiger partial charge in [0.1, 0.15) is 6.17 Å². The van der Waals surface area contributed by atoms with Crippen molar-refractivity contribution in [2.75, 3.05) is 5.32 Å². The van der Waals surface area contributed by atoms with Gasteiger partial charge < -0.3 is 10.6 Å². The number of nitrogens with one attached hydrogen (secondary N) is 2. The van der Waals surface area contributed by atoms with Crippen molar-refractivity contribution >= 4 is 68.0 Å². The molecule has 0 saturated heterocycles. The zero-order chi connectivity index (χ0) is 17.1. The Balaban J connectivity index is 3.00. The van der Waals surface area contributed by atoms with Crippen LogP contribution in [-0.2, 0) is 4.79 Å². The third-order valence-electron chi connectivity index (χ3n) is 2.60. The minimum atomic E-state index is -1.81. The number of carbonyl (C=O) groups excluding carboxylic acids is 1. The minimum absolute atomic E-state index is 0.0888. The normalized spacial score (nSPS) is 12.9. The van der Waals surface area contributed by atoms with Crippen molar-refractivity contribution in [3.8, 4) is 0 Å². The zero-order valence-electron chi connectivity index (χ0n) is 11.6. The van der Waals surface area contributed by atoms with Gasteiger partial charge in [0.05, 0.1) is 10.6 Å². The number of alkyl halides is 3. The Morgan fingerprint density at radius 3 is 2.36 bits per heavy atom. The van der Waals surface area contributed by atoms with Crippen molar-refractivity contribution in [2.45, 2.75) is 23.8 Å². The van der Waals surface area contributed by atoms with E-state index < -0.39 is 14.9 Å². The highest BCUT2D eigenvalue weighted by Crippen LogP contribution is 2.34. The van der Waals surface area contributed by atoms with Crippen LogP contribution in [-0.4, -0.2) is 20.8 Å². The summed E-state index contributed by atoms with van der Waals surface area (Å²) >= 11 is 20.8. The lowest BCUT2D eigenvalue weighted by Gasteiger charge is -2.28. The topological polar surface area (TPSA) is 84.3 Å². The summed E-state index contributed by atoms with van der Waals surface area (Å²) in [6.07, 6.45) is -1.01. The number of hydrogen-bond donors (Lipinski definition) is 2. The quantitative estimate of drug-likeness (QED) is 0.315. The molecule has 0 radical (unpaired) electrons. The maximum absolute atomic E-state index is 11.8. The molecule has 1 rings (SSSR count). The standard InChI is InChI=1S/C12H13BrCl3N3O3/c1-6(2)10(20)18-11(12(14,15)16)17-9-4-3-7(19(21)22)5-8(9)13/h3-6,11,17H,1-2H3,(H,18,20)/t11-/m1/s1. The van der Waals surface area contributed by atoms with Crippen LogP contribution in [0.4, 0.5) is 11.4 Å². The van der Waals surface area contributed by atoms with Crippen molar-refractivity contribution < 1.29 is 9.72 Å². The fourth-order valence-corrected chi connectivity index (χ4v) is 2.21. The molecule has 10 heteroatoms. The molecule has 0 aliphatic rings. The molecule has 22 heavy (non-hydrogen) atoms. The Bertz CT molecular complexity index is 578. The van der Waals surface area contributed by atoms with Crippen molar-refractivity contribution in [1.29, 1.82) is 0 Å². The maximum Gasteiger partial charge on any atom is 0.270 e. The Morgan fingerprint density at radius 2 is 1.95 bits per heavy atom. The number of nitro benzene ring substituents is 1. The summed E-state index contributed by atoms with van der Waals surface area (Å²) in [6, 6.07) is 4.06. The van der Waals surface area contributed by atoms with Gasteiger partial charge in [-0.2, -0.15) is 0 Å². The number of rotatable bonds is 5. The number of nitro groups is 1. The van der Waals surface area contributed by atoms with Crippen LogP contribution >= 0.6 is 50.7 Å². The molecular formula is C12H13BrCl3N3O3. The molecule has 1 aromatic rings. The molecule has 0 bridgehead atoms. The van der Waals surface area contributed by atoms with Crippen molar-refractivity contribution in [2.24, 2.45) is 5.92 Å². The van der Waals surface area contributed by atoms with Gasteiger partial charge in [0.25, 0.3) is 5.69 Å². The van der Waals surface area contributed by atoms with Gasteiger partial charge in [0.15, 0.2) is 0 Å². The first kappa shape index (κ1) is 19.3. The zero-order valence-corrected chi connectivity index (χ0v) is 15.4. The minimum Gasteiger partial charge on any atom is -0.361 e. The van der Waals surface area contributed by atoms with E-state index >= 15 is 0 Å². The van der Waals surface area contributed by atoms with E-state index in [-0.39, 0.29) is 17.5 Å². The lowest BCUT2D eigenvalue weighted by atomic mass is 10.2. The molecule has 0 heterocycles. The van der Waals surface area contributed by atoms with E-state index in [2.05, 4.69) is 26.6 Å². The number of hydrogen-bond acceptors (Lipinski definition) is 4. The summed E-state index contributed by atoms with van der Waals surface area (Å²) in [7, 11) is 0. The maximum atomic E-state index is 11.8. The Hall–Kier alpha value is -0.760. The average molecular weight is 434 g/mol. The molecule has 0 fully saturated rings. The largest absolute Gasteiger partial charge is 0.361 e. The third kappa shape index (κ3) is 5.46. The van der Waals surface area contributed by atoms with Crippen molar-refractivity contribution in [1.82, 2.24) is 5.32 Å². The van der Waals surface area contributed by atoms with E-state index in [9.17, 15) is 14.9 Å². The number of anilines is 1. The van der Waals surface area contributed by atoms with Crippen molar-refractivity contribution in [3.05, 3.63) is 32.8 Å². The Labute approximate surface area is 150 Å². The van der Waals surface area contributed by atoms with Gasteiger partial charge in [-0.25, -0.2) is 0 Å². The molecule has 0 aliphatic heterocycles. The van der Waals surface area contributed by atoms with E-state index in [0.717, 1.165) is 0 Å². The second-order valence-electron chi connectivity index (χ2n) is 4.70. The van der Waals surface area contributed by atoms with Crippen LogP contribution in [0.1, 0.15) is 13.8 Å².